The lowest BCUT2D eigenvalue weighted by atomic mass is 9.96. The monoisotopic (exact) mass is 289 g/mol. The zero-order chi connectivity index (χ0) is 14.2. The second kappa shape index (κ2) is 4.94. The minimum Gasteiger partial charge on any atom is -0.431 e. The van der Waals surface area contributed by atoms with Crippen molar-refractivity contribution < 1.29 is 8.94 Å². The third-order valence-electron chi connectivity index (χ3n) is 2.73. The average molecular weight is 289 g/mol. The second-order valence-corrected chi connectivity index (χ2v) is 6.42. The first-order chi connectivity index (χ1) is 9.52. The summed E-state index contributed by atoms with van der Waals surface area (Å²) in [5.41, 5.74) is 1.54. The van der Waals surface area contributed by atoms with Gasteiger partial charge in [0.25, 0.3) is 5.22 Å². The zero-order valence-electron chi connectivity index (χ0n) is 11.6. The maximum atomic E-state index is 5.63. The molecule has 6 heteroatoms. The van der Waals surface area contributed by atoms with Gasteiger partial charge in [-0.05, 0) is 12.1 Å². The molecule has 0 atom stereocenters. The highest BCUT2D eigenvalue weighted by atomic mass is 32.2. The molecule has 104 valence electrons. The quantitative estimate of drug-likeness (QED) is 0.683. The standard InChI is InChI=1S/C14H15N3O2S/c1-14(2,3)12-16-11(19-17-12)8-20-13-15-9-6-4-5-7-10(9)18-13/h4-7H,8H2,1-3H3. The topological polar surface area (TPSA) is 65.0 Å². The minimum absolute atomic E-state index is 0.107. The number of thioether (sulfide) groups is 1. The minimum atomic E-state index is -0.107. The first-order valence-electron chi connectivity index (χ1n) is 6.34. The molecule has 0 fully saturated rings. The van der Waals surface area contributed by atoms with Gasteiger partial charge in [0.1, 0.15) is 5.52 Å². The Morgan fingerprint density at radius 3 is 2.65 bits per heavy atom. The number of rotatable bonds is 3. The highest BCUT2D eigenvalue weighted by Gasteiger charge is 2.21. The molecule has 5 nitrogen and oxygen atoms in total. The number of aromatic nitrogens is 3. The summed E-state index contributed by atoms with van der Waals surface area (Å²) < 4.78 is 10.9. The van der Waals surface area contributed by atoms with Crippen LogP contribution in [0.5, 0.6) is 0 Å². The zero-order valence-corrected chi connectivity index (χ0v) is 12.4. The summed E-state index contributed by atoms with van der Waals surface area (Å²) in [6.07, 6.45) is 0. The number of benzene rings is 1. The Kier molecular flexibility index (Phi) is 3.25. The summed E-state index contributed by atoms with van der Waals surface area (Å²) in [5, 5.41) is 4.60. The Morgan fingerprint density at radius 1 is 1.15 bits per heavy atom. The Hall–Kier alpha value is -1.82. The Labute approximate surface area is 120 Å². The largest absolute Gasteiger partial charge is 0.431 e. The van der Waals surface area contributed by atoms with Gasteiger partial charge >= 0.3 is 0 Å². The summed E-state index contributed by atoms with van der Waals surface area (Å²) in [6.45, 7) is 6.15. The van der Waals surface area contributed by atoms with Crippen LogP contribution in [0.4, 0.5) is 0 Å². The molecule has 0 aliphatic rings. The van der Waals surface area contributed by atoms with Crippen molar-refractivity contribution in [3.8, 4) is 0 Å². The van der Waals surface area contributed by atoms with Gasteiger partial charge in [-0.15, -0.1) is 0 Å². The maximum absolute atomic E-state index is 5.63. The molecule has 0 spiro atoms. The molecule has 0 bridgehead atoms. The van der Waals surface area contributed by atoms with Crippen LogP contribution in [0.25, 0.3) is 11.1 Å². The fourth-order valence-corrected chi connectivity index (χ4v) is 2.33. The summed E-state index contributed by atoms with van der Waals surface area (Å²) >= 11 is 1.45. The van der Waals surface area contributed by atoms with E-state index >= 15 is 0 Å². The van der Waals surface area contributed by atoms with E-state index in [1.54, 1.807) is 0 Å². The fourth-order valence-electron chi connectivity index (χ4n) is 1.65. The van der Waals surface area contributed by atoms with Crippen molar-refractivity contribution in [1.29, 1.82) is 0 Å². The normalized spacial score (nSPS) is 12.2. The van der Waals surface area contributed by atoms with Gasteiger partial charge in [-0.2, -0.15) is 4.98 Å². The summed E-state index contributed by atoms with van der Waals surface area (Å²) in [4.78, 5) is 8.77. The molecule has 0 radical (unpaired) electrons. The van der Waals surface area contributed by atoms with Crippen molar-refractivity contribution in [1.82, 2.24) is 15.1 Å². The molecule has 3 aromatic rings. The van der Waals surface area contributed by atoms with Crippen LogP contribution in [0.1, 0.15) is 32.5 Å². The predicted octanol–water partition coefficient (Wildman–Crippen LogP) is 3.80. The van der Waals surface area contributed by atoms with Crippen molar-refractivity contribution in [2.24, 2.45) is 0 Å². The molecule has 2 aromatic heterocycles. The highest BCUT2D eigenvalue weighted by Crippen LogP contribution is 2.26. The van der Waals surface area contributed by atoms with Crippen LogP contribution in [0.2, 0.25) is 0 Å². The van der Waals surface area contributed by atoms with E-state index in [9.17, 15) is 0 Å². The summed E-state index contributed by atoms with van der Waals surface area (Å²) in [5.74, 6) is 1.85. The van der Waals surface area contributed by atoms with E-state index in [1.165, 1.54) is 11.8 Å². The lowest BCUT2D eigenvalue weighted by Gasteiger charge is -2.10. The molecule has 3 rings (SSSR count). The summed E-state index contributed by atoms with van der Waals surface area (Å²) in [6, 6.07) is 7.69. The molecule has 0 aliphatic carbocycles. The molecule has 0 N–H and O–H groups in total. The first kappa shape index (κ1) is 13.2. The Morgan fingerprint density at radius 2 is 1.95 bits per heavy atom. The van der Waals surface area contributed by atoms with Crippen molar-refractivity contribution >= 4 is 22.9 Å². The number of para-hydroxylation sites is 2. The van der Waals surface area contributed by atoms with Crippen molar-refractivity contribution in [2.75, 3.05) is 0 Å². The van der Waals surface area contributed by atoms with Crippen LogP contribution in [0.3, 0.4) is 0 Å². The predicted molar refractivity (Wildman–Crippen MR) is 76.6 cm³/mol. The van der Waals surface area contributed by atoms with Gasteiger partial charge in [0.2, 0.25) is 5.89 Å². The van der Waals surface area contributed by atoms with Gasteiger partial charge in [0.05, 0.1) is 5.75 Å². The molecular weight excluding hydrogens is 274 g/mol. The molecule has 0 amide bonds. The van der Waals surface area contributed by atoms with Crippen LogP contribution in [0, 0.1) is 0 Å². The third kappa shape index (κ3) is 2.70. The lowest BCUT2D eigenvalue weighted by Crippen LogP contribution is -2.13. The molecule has 0 saturated heterocycles. The van der Waals surface area contributed by atoms with Gasteiger partial charge in [-0.1, -0.05) is 49.8 Å². The van der Waals surface area contributed by atoms with Gasteiger partial charge < -0.3 is 8.94 Å². The van der Waals surface area contributed by atoms with Gasteiger partial charge in [0, 0.05) is 5.41 Å². The van der Waals surface area contributed by atoms with Crippen LogP contribution >= 0.6 is 11.8 Å². The average Bonchev–Trinajstić information content (AvgIpc) is 3.02. The number of fused-ring (bicyclic) bond motifs is 1. The fraction of sp³-hybridized carbons (Fsp3) is 0.357. The second-order valence-electron chi connectivity index (χ2n) is 5.50. The van der Waals surface area contributed by atoms with Crippen LogP contribution in [-0.2, 0) is 11.2 Å². The molecule has 0 aliphatic heterocycles. The van der Waals surface area contributed by atoms with E-state index < -0.39 is 0 Å². The van der Waals surface area contributed by atoms with E-state index in [4.69, 9.17) is 8.94 Å². The van der Waals surface area contributed by atoms with E-state index in [1.807, 2.05) is 24.3 Å². The van der Waals surface area contributed by atoms with Crippen molar-refractivity contribution in [3.63, 3.8) is 0 Å². The molecule has 1 aromatic carbocycles. The van der Waals surface area contributed by atoms with E-state index in [0.717, 1.165) is 11.1 Å². The van der Waals surface area contributed by atoms with Gasteiger partial charge in [-0.25, -0.2) is 4.98 Å². The lowest BCUT2D eigenvalue weighted by molar-refractivity contribution is 0.372. The number of oxazole rings is 1. The van der Waals surface area contributed by atoms with Gasteiger partial charge in [0.15, 0.2) is 11.4 Å². The SMILES string of the molecule is CC(C)(C)c1noc(CSc2nc3ccccc3o2)n1. The number of nitrogens with zero attached hydrogens (tertiary/aromatic N) is 3. The van der Waals surface area contributed by atoms with Crippen LogP contribution in [0.15, 0.2) is 38.4 Å². The van der Waals surface area contributed by atoms with Gasteiger partial charge in [-0.3, -0.25) is 0 Å². The van der Waals surface area contributed by atoms with E-state index in [0.29, 0.717) is 22.7 Å². The van der Waals surface area contributed by atoms with Crippen LogP contribution < -0.4 is 0 Å². The van der Waals surface area contributed by atoms with Crippen molar-refractivity contribution in [3.05, 3.63) is 36.0 Å². The molecule has 0 unspecified atom stereocenters. The molecule has 20 heavy (non-hydrogen) atoms. The maximum Gasteiger partial charge on any atom is 0.257 e. The molecular formula is C14H15N3O2S. The molecule has 2 heterocycles. The van der Waals surface area contributed by atoms with Crippen LogP contribution in [-0.4, -0.2) is 15.1 Å². The highest BCUT2D eigenvalue weighted by molar-refractivity contribution is 7.98. The third-order valence-corrected chi connectivity index (χ3v) is 3.55. The number of hydrogen-bond donors (Lipinski definition) is 0. The molecule has 0 saturated carbocycles. The Bertz CT molecular complexity index is 694. The smallest absolute Gasteiger partial charge is 0.257 e. The first-order valence-corrected chi connectivity index (χ1v) is 7.32. The number of hydrogen-bond acceptors (Lipinski definition) is 6. The Balaban J connectivity index is 1.71. The van der Waals surface area contributed by atoms with Crippen molar-refractivity contribution in [2.45, 2.75) is 37.2 Å². The van der Waals surface area contributed by atoms with E-state index in [-0.39, 0.29) is 5.41 Å². The van der Waals surface area contributed by atoms with E-state index in [2.05, 4.69) is 35.9 Å². The summed E-state index contributed by atoms with van der Waals surface area (Å²) in [7, 11) is 0.